The van der Waals surface area contributed by atoms with Crippen molar-refractivity contribution in [1.29, 1.82) is 0 Å². The van der Waals surface area contributed by atoms with Gasteiger partial charge < -0.3 is 16.2 Å². The molecule has 1 aromatic heterocycles. The first-order valence-electron chi connectivity index (χ1n) is 5.54. The Hall–Kier alpha value is -1.78. The Labute approximate surface area is 110 Å². The maximum atomic E-state index is 9.99. The molecule has 0 aliphatic heterocycles. The van der Waals surface area contributed by atoms with E-state index in [1.807, 2.05) is 0 Å². The van der Waals surface area contributed by atoms with Gasteiger partial charge >= 0.3 is 0 Å². The number of nitrogens with two attached hydrogens (primary N) is 1. The molecular formula is C13H14ClN3O. The van der Waals surface area contributed by atoms with Gasteiger partial charge in [-0.3, -0.25) is 0 Å². The van der Waals surface area contributed by atoms with Crippen LogP contribution in [-0.2, 0) is 0 Å². The molecule has 1 aromatic carbocycles. The van der Waals surface area contributed by atoms with Crippen LogP contribution in [0.5, 0.6) is 0 Å². The molecule has 2 aromatic rings. The molecule has 1 unspecified atom stereocenters. The van der Waals surface area contributed by atoms with E-state index in [2.05, 4.69) is 10.3 Å². The molecule has 0 spiro atoms. The van der Waals surface area contributed by atoms with E-state index >= 15 is 0 Å². The van der Waals surface area contributed by atoms with Crippen LogP contribution in [0.2, 0.25) is 5.02 Å². The number of rotatable bonds is 4. The number of anilines is 2. The molecule has 2 rings (SSSR count). The third-order valence-electron chi connectivity index (χ3n) is 2.54. The molecular weight excluding hydrogens is 250 g/mol. The summed E-state index contributed by atoms with van der Waals surface area (Å²) >= 11 is 5.95. The summed E-state index contributed by atoms with van der Waals surface area (Å²) in [5.74, 6) is 0.564. The number of benzene rings is 1. The van der Waals surface area contributed by atoms with Gasteiger partial charge in [0.15, 0.2) is 0 Å². The average Bonchev–Trinajstić information content (AvgIpc) is 2.38. The number of halogens is 1. The maximum Gasteiger partial charge on any atom is 0.144 e. The maximum absolute atomic E-state index is 9.99. The van der Waals surface area contributed by atoms with Gasteiger partial charge in [-0.25, -0.2) is 4.98 Å². The largest absolute Gasteiger partial charge is 0.399 e. The zero-order valence-electron chi connectivity index (χ0n) is 9.68. The Kier molecular flexibility index (Phi) is 4.02. The number of pyridine rings is 1. The molecule has 0 amide bonds. The summed E-state index contributed by atoms with van der Waals surface area (Å²) < 4.78 is 0. The number of nitrogens with zero attached hydrogens (tertiary/aromatic N) is 1. The fraction of sp³-hybridized carbons (Fsp3) is 0.154. The second kappa shape index (κ2) is 5.71. The van der Waals surface area contributed by atoms with Crippen LogP contribution in [0.15, 0.2) is 42.6 Å². The molecule has 0 aliphatic carbocycles. The van der Waals surface area contributed by atoms with Crippen molar-refractivity contribution in [3.63, 3.8) is 0 Å². The fourth-order valence-electron chi connectivity index (χ4n) is 1.55. The normalized spacial score (nSPS) is 12.1. The zero-order chi connectivity index (χ0) is 13.0. The van der Waals surface area contributed by atoms with E-state index in [0.29, 0.717) is 23.1 Å². The summed E-state index contributed by atoms with van der Waals surface area (Å²) in [6.07, 6.45) is 1.01. The number of hydrogen-bond donors (Lipinski definition) is 3. The van der Waals surface area contributed by atoms with Crippen LogP contribution in [0.3, 0.4) is 0 Å². The highest BCUT2D eigenvalue weighted by Crippen LogP contribution is 2.20. The lowest BCUT2D eigenvalue weighted by Crippen LogP contribution is -2.13. The van der Waals surface area contributed by atoms with Crippen LogP contribution in [0, 0.1) is 0 Å². The number of nitrogens with one attached hydrogen (secondary N) is 1. The van der Waals surface area contributed by atoms with Crippen LogP contribution in [0.1, 0.15) is 11.7 Å². The minimum Gasteiger partial charge on any atom is -0.399 e. The molecule has 0 bridgehead atoms. The molecule has 4 N–H and O–H groups in total. The first kappa shape index (κ1) is 12.7. The molecule has 94 valence electrons. The third-order valence-corrected chi connectivity index (χ3v) is 2.85. The van der Waals surface area contributed by atoms with Gasteiger partial charge in [0.05, 0.1) is 11.1 Å². The van der Waals surface area contributed by atoms with Gasteiger partial charge in [-0.05, 0) is 29.8 Å². The predicted molar refractivity (Wildman–Crippen MR) is 73.6 cm³/mol. The fourth-order valence-corrected chi connectivity index (χ4v) is 1.73. The lowest BCUT2D eigenvalue weighted by Gasteiger charge is -2.13. The van der Waals surface area contributed by atoms with E-state index in [9.17, 15) is 5.11 Å². The molecule has 0 aliphatic rings. The van der Waals surface area contributed by atoms with Gasteiger partial charge in [0, 0.05) is 18.4 Å². The van der Waals surface area contributed by atoms with E-state index < -0.39 is 6.10 Å². The number of hydrogen-bond acceptors (Lipinski definition) is 4. The number of aliphatic hydroxyl groups excluding tert-OH is 1. The van der Waals surface area contributed by atoms with Crippen molar-refractivity contribution in [2.75, 3.05) is 17.6 Å². The quantitative estimate of drug-likeness (QED) is 0.741. The predicted octanol–water partition coefficient (Wildman–Crippen LogP) is 2.46. The van der Waals surface area contributed by atoms with E-state index in [1.165, 1.54) is 0 Å². The van der Waals surface area contributed by atoms with Gasteiger partial charge in [0.2, 0.25) is 0 Å². The van der Waals surface area contributed by atoms with Crippen LogP contribution >= 0.6 is 11.6 Å². The third kappa shape index (κ3) is 3.12. The molecule has 18 heavy (non-hydrogen) atoms. The summed E-state index contributed by atoms with van der Waals surface area (Å²) in [7, 11) is 0. The molecule has 4 nitrogen and oxygen atoms in total. The van der Waals surface area contributed by atoms with Crippen molar-refractivity contribution in [1.82, 2.24) is 4.98 Å². The Morgan fingerprint density at radius 3 is 2.67 bits per heavy atom. The lowest BCUT2D eigenvalue weighted by molar-refractivity contribution is 0.191. The average molecular weight is 264 g/mol. The van der Waals surface area contributed by atoms with Gasteiger partial charge in [-0.1, -0.05) is 23.7 Å². The van der Waals surface area contributed by atoms with Crippen molar-refractivity contribution in [3.8, 4) is 0 Å². The second-order valence-electron chi connectivity index (χ2n) is 3.90. The number of aromatic nitrogens is 1. The van der Waals surface area contributed by atoms with Crippen LogP contribution in [0.4, 0.5) is 11.5 Å². The van der Waals surface area contributed by atoms with E-state index in [1.54, 1.807) is 42.6 Å². The summed E-state index contributed by atoms with van der Waals surface area (Å²) in [5.41, 5.74) is 7.05. The monoisotopic (exact) mass is 263 g/mol. The van der Waals surface area contributed by atoms with Gasteiger partial charge in [0.1, 0.15) is 5.82 Å². The van der Waals surface area contributed by atoms with Gasteiger partial charge in [0.25, 0.3) is 0 Å². The molecule has 1 atom stereocenters. The van der Waals surface area contributed by atoms with Crippen LogP contribution in [0.25, 0.3) is 0 Å². The molecule has 5 heteroatoms. The minimum absolute atomic E-state index is 0.334. The van der Waals surface area contributed by atoms with Crippen LogP contribution in [-0.4, -0.2) is 16.6 Å². The SMILES string of the molecule is Nc1ccc(C(O)CNc2ncccc2Cl)cc1. The minimum atomic E-state index is -0.635. The summed E-state index contributed by atoms with van der Waals surface area (Å²) in [6, 6.07) is 10.6. The van der Waals surface area contributed by atoms with Gasteiger partial charge in [-0.15, -0.1) is 0 Å². The first-order valence-corrected chi connectivity index (χ1v) is 5.92. The van der Waals surface area contributed by atoms with Crippen molar-refractivity contribution in [3.05, 3.63) is 53.2 Å². The van der Waals surface area contributed by atoms with Crippen molar-refractivity contribution < 1.29 is 5.11 Å². The van der Waals surface area contributed by atoms with Crippen molar-refractivity contribution in [2.45, 2.75) is 6.10 Å². The zero-order valence-corrected chi connectivity index (χ0v) is 10.4. The topological polar surface area (TPSA) is 71.2 Å². The Morgan fingerprint density at radius 2 is 2.00 bits per heavy atom. The van der Waals surface area contributed by atoms with Crippen LogP contribution < -0.4 is 11.1 Å². The van der Waals surface area contributed by atoms with Crippen molar-refractivity contribution in [2.24, 2.45) is 0 Å². The Balaban J connectivity index is 1.98. The summed E-state index contributed by atoms with van der Waals surface area (Å²) in [6.45, 7) is 0.334. The molecule has 0 fully saturated rings. The summed E-state index contributed by atoms with van der Waals surface area (Å²) in [5, 5.41) is 13.5. The molecule has 0 saturated carbocycles. The highest BCUT2D eigenvalue weighted by molar-refractivity contribution is 6.32. The Bertz CT molecular complexity index is 516. The molecule has 0 radical (unpaired) electrons. The highest BCUT2D eigenvalue weighted by Gasteiger charge is 2.08. The van der Waals surface area contributed by atoms with E-state index in [-0.39, 0.29) is 0 Å². The standard InChI is InChI=1S/C13H14ClN3O/c14-11-2-1-7-16-13(11)17-8-12(18)9-3-5-10(15)6-4-9/h1-7,12,18H,8,15H2,(H,16,17). The molecule has 0 saturated heterocycles. The lowest BCUT2D eigenvalue weighted by atomic mass is 10.1. The summed E-state index contributed by atoms with van der Waals surface area (Å²) in [4.78, 5) is 4.08. The van der Waals surface area contributed by atoms with E-state index in [0.717, 1.165) is 5.56 Å². The number of nitrogen functional groups attached to an aromatic ring is 1. The smallest absolute Gasteiger partial charge is 0.144 e. The molecule has 1 heterocycles. The second-order valence-corrected chi connectivity index (χ2v) is 4.30. The number of aliphatic hydroxyl groups is 1. The van der Waals surface area contributed by atoms with E-state index in [4.69, 9.17) is 17.3 Å². The highest BCUT2D eigenvalue weighted by atomic mass is 35.5. The van der Waals surface area contributed by atoms with Crippen molar-refractivity contribution >= 4 is 23.1 Å². The van der Waals surface area contributed by atoms with Gasteiger partial charge in [-0.2, -0.15) is 0 Å². The Morgan fingerprint density at radius 1 is 1.28 bits per heavy atom. The first-order chi connectivity index (χ1) is 8.66.